The first-order valence-corrected chi connectivity index (χ1v) is 12.5. The predicted molar refractivity (Wildman–Crippen MR) is 156 cm³/mol. The molecule has 4 rings (SSSR count). The van der Waals surface area contributed by atoms with Gasteiger partial charge in [0.05, 0.1) is 0 Å². The van der Waals surface area contributed by atoms with Gasteiger partial charge in [-0.25, -0.2) is 9.59 Å². The molecule has 0 aliphatic rings. The van der Waals surface area contributed by atoms with Crippen LogP contribution in [0.25, 0.3) is 28.0 Å². The van der Waals surface area contributed by atoms with E-state index in [9.17, 15) is 14.4 Å². The molecular weight excluding hydrogens is 504 g/mol. The van der Waals surface area contributed by atoms with E-state index < -0.39 is 11.9 Å². The SMILES string of the molecule is C=CC(=O)OCc1ccc(-c2ccc(OC(=O)/C=C/c3ccc4cc(OCC(=O)C(=C)C)ccc4c3)cc2)cc1. The van der Waals surface area contributed by atoms with Crippen molar-refractivity contribution in [2.45, 2.75) is 13.5 Å². The van der Waals surface area contributed by atoms with E-state index in [1.54, 1.807) is 31.2 Å². The number of fused-ring (bicyclic) bond motifs is 1. The summed E-state index contributed by atoms with van der Waals surface area (Å²) < 4.78 is 16.0. The Morgan fingerprint density at radius 3 is 2.08 bits per heavy atom. The van der Waals surface area contributed by atoms with Gasteiger partial charge in [0.15, 0.2) is 12.4 Å². The molecule has 0 N–H and O–H groups in total. The number of rotatable bonds is 11. The highest BCUT2D eigenvalue weighted by Crippen LogP contribution is 2.25. The van der Waals surface area contributed by atoms with E-state index in [0.29, 0.717) is 17.1 Å². The molecule has 200 valence electrons. The average molecular weight is 533 g/mol. The first-order chi connectivity index (χ1) is 19.3. The summed E-state index contributed by atoms with van der Waals surface area (Å²) in [4.78, 5) is 35.3. The van der Waals surface area contributed by atoms with Crippen LogP contribution in [0.15, 0.2) is 116 Å². The Kier molecular flexibility index (Phi) is 9.05. The van der Waals surface area contributed by atoms with Crippen molar-refractivity contribution in [1.29, 1.82) is 0 Å². The summed E-state index contributed by atoms with van der Waals surface area (Å²) in [6.07, 6.45) is 4.21. The van der Waals surface area contributed by atoms with Crippen molar-refractivity contribution in [1.82, 2.24) is 0 Å². The number of benzene rings is 4. The van der Waals surface area contributed by atoms with Crippen LogP contribution in [-0.4, -0.2) is 24.3 Å². The van der Waals surface area contributed by atoms with Crippen LogP contribution in [0.2, 0.25) is 0 Å². The van der Waals surface area contributed by atoms with Gasteiger partial charge in [0, 0.05) is 12.2 Å². The molecule has 0 unspecified atom stereocenters. The summed E-state index contributed by atoms with van der Waals surface area (Å²) in [5.74, 6) is -0.0556. The fourth-order valence-corrected chi connectivity index (χ4v) is 3.74. The smallest absolute Gasteiger partial charge is 0.336 e. The maximum atomic E-state index is 12.4. The van der Waals surface area contributed by atoms with Gasteiger partial charge in [-0.3, -0.25) is 4.79 Å². The summed E-state index contributed by atoms with van der Waals surface area (Å²) >= 11 is 0. The summed E-state index contributed by atoms with van der Waals surface area (Å²) in [5.41, 5.74) is 4.10. The van der Waals surface area contributed by atoms with Crippen LogP contribution in [0.5, 0.6) is 11.5 Å². The largest absolute Gasteiger partial charge is 0.485 e. The molecule has 4 aromatic carbocycles. The van der Waals surface area contributed by atoms with Crippen molar-refractivity contribution in [3.05, 3.63) is 127 Å². The monoisotopic (exact) mass is 532 g/mol. The lowest BCUT2D eigenvalue weighted by Crippen LogP contribution is -2.11. The van der Waals surface area contributed by atoms with Gasteiger partial charge in [-0.05, 0) is 81.9 Å². The standard InChI is InChI=1S/C34H28O6/c1-4-33(36)39-21-25-6-9-26(10-7-25)27-12-15-30(16-13-27)40-34(37)18-8-24-5-11-29-20-31(17-14-28(29)19-24)38-22-32(35)23(2)3/h4-20H,1-2,21-22H2,3H3/b18-8+. The number of carbonyl (C=O) groups is 3. The van der Waals surface area contributed by atoms with Crippen molar-refractivity contribution >= 4 is 34.6 Å². The first kappa shape index (κ1) is 27.8. The highest BCUT2D eigenvalue weighted by molar-refractivity contribution is 5.95. The number of ether oxygens (including phenoxy) is 3. The van der Waals surface area contributed by atoms with E-state index in [-0.39, 0.29) is 19.0 Å². The average Bonchev–Trinajstić information content (AvgIpc) is 2.98. The molecule has 0 atom stereocenters. The minimum atomic E-state index is -0.489. The lowest BCUT2D eigenvalue weighted by molar-refractivity contribution is -0.139. The van der Waals surface area contributed by atoms with E-state index in [0.717, 1.165) is 39.1 Å². The molecule has 0 aromatic heterocycles. The fraction of sp³-hybridized carbons (Fsp3) is 0.0882. The topological polar surface area (TPSA) is 78.9 Å². The second kappa shape index (κ2) is 13.0. The van der Waals surface area contributed by atoms with Gasteiger partial charge in [0.25, 0.3) is 0 Å². The van der Waals surface area contributed by atoms with Crippen LogP contribution in [-0.2, 0) is 25.7 Å². The second-order valence-corrected chi connectivity index (χ2v) is 9.05. The second-order valence-electron chi connectivity index (χ2n) is 9.05. The van der Waals surface area contributed by atoms with Crippen LogP contribution in [0.3, 0.4) is 0 Å². The number of Topliss-reactive ketones (excluding diaryl/α,β-unsaturated/α-hetero) is 1. The minimum absolute atomic E-state index is 0.0454. The predicted octanol–water partition coefficient (Wildman–Crippen LogP) is 6.88. The third-order valence-electron chi connectivity index (χ3n) is 6.00. The van der Waals surface area contributed by atoms with Gasteiger partial charge >= 0.3 is 11.9 Å². The Balaban J connectivity index is 1.32. The summed E-state index contributed by atoms with van der Waals surface area (Å²) in [5, 5.41) is 1.92. The van der Waals surface area contributed by atoms with Gasteiger partial charge in [-0.2, -0.15) is 0 Å². The van der Waals surface area contributed by atoms with Crippen LogP contribution in [0, 0.1) is 0 Å². The van der Waals surface area contributed by atoms with Gasteiger partial charge in [0.2, 0.25) is 0 Å². The van der Waals surface area contributed by atoms with Gasteiger partial charge < -0.3 is 14.2 Å². The van der Waals surface area contributed by atoms with E-state index in [1.807, 2.05) is 66.7 Å². The molecule has 0 radical (unpaired) electrons. The first-order valence-electron chi connectivity index (χ1n) is 12.5. The maximum absolute atomic E-state index is 12.4. The zero-order chi connectivity index (χ0) is 28.5. The molecule has 0 amide bonds. The summed E-state index contributed by atoms with van der Waals surface area (Å²) in [6.45, 7) is 8.80. The van der Waals surface area contributed by atoms with Crippen LogP contribution < -0.4 is 9.47 Å². The Bertz CT molecular complexity index is 1590. The summed E-state index contributed by atoms with van der Waals surface area (Å²) in [6, 6.07) is 26.2. The van der Waals surface area contributed by atoms with Gasteiger partial charge in [0.1, 0.15) is 18.1 Å². The lowest BCUT2D eigenvalue weighted by atomic mass is 10.0. The van der Waals surface area contributed by atoms with Crippen molar-refractivity contribution in [2.24, 2.45) is 0 Å². The van der Waals surface area contributed by atoms with Crippen molar-refractivity contribution < 1.29 is 28.6 Å². The van der Waals surface area contributed by atoms with Gasteiger partial charge in [-0.15, -0.1) is 0 Å². The highest BCUT2D eigenvalue weighted by Gasteiger charge is 2.06. The van der Waals surface area contributed by atoms with Crippen molar-refractivity contribution in [3.63, 3.8) is 0 Å². The Hall–Kier alpha value is -5.23. The molecule has 6 nitrogen and oxygen atoms in total. The summed E-state index contributed by atoms with van der Waals surface area (Å²) in [7, 11) is 0. The molecule has 0 bridgehead atoms. The van der Waals surface area contributed by atoms with E-state index in [4.69, 9.17) is 14.2 Å². The van der Waals surface area contributed by atoms with E-state index >= 15 is 0 Å². The molecule has 40 heavy (non-hydrogen) atoms. The molecule has 0 aliphatic heterocycles. The molecule has 0 fully saturated rings. The lowest BCUT2D eigenvalue weighted by Gasteiger charge is -2.07. The van der Waals surface area contributed by atoms with Crippen molar-refractivity contribution in [2.75, 3.05) is 6.61 Å². The number of ketones is 1. The molecular formula is C34H28O6. The molecule has 4 aromatic rings. The zero-order valence-electron chi connectivity index (χ0n) is 22.1. The van der Waals surface area contributed by atoms with Crippen LogP contribution in [0.4, 0.5) is 0 Å². The van der Waals surface area contributed by atoms with E-state index in [1.165, 1.54) is 6.08 Å². The molecule has 0 saturated carbocycles. The minimum Gasteiger partial charge on any atom is -0.485 e. The van der Waals surface area contributed by atoms with E-state index in [2.05, 4.69) is 13.2 Å². The number of hydrogen-bond acceptors (Lipinski definition) is 6. The quantitative estimate of drug-likeness (QED) is 0.119. The Morgan fingerprint density at radius 2 is 1.40 bits per heavy atom. The Morgan fingerprint density at radius 1 is 0.775 bits per heavy atom. The molecule has 0 aliphatic carbocycles. The normalized spacial score (nSPS) is 10.7. The highest BCUT2D eigenvalue weighted by atomic mass is 16.5. The maximum Gasteiger partial charge on any atom is 0.336 e. The number of hydrogen-bond donors (Lipinski definition) is 0. The van der Waals surface area contributed by atoms with Crippen molar-refractivity contribution in [3.8, 4) is 22.6 Å². The fourth-order valence-electron chi connectivity index (χ4n) is 3.74. The molecule has 0 saturated heterocycles. The molecule has 0 spiro atoms. The third-order valence-corrected chi connectivity index (χ3v) is 6.00. The van der Waals surface area contributed by atoms with Crippen LogP contribution >= 0.6 is 0 Å². The zero-order valence-corrected chi connectivity index (χ0v) is 22.1. The van der Waals surface area contributed by atoms with Gasteiger partial charge in [-0.1, -0.05) is 67.8 Å². The third kappa shape index (κ3) is 7.65. The Labute approximate surface area is 232 Å². The number of esters is 2. The molecule has 0 heterocycles. The molecule has 6 heteroatoms. The van der Waals surface area contributed by atoms with Crippen LogP contribution in [0.1, 0.15) is 18.1 Å². The number of carbonyl (C=O) groups excluding carboxylic acids is 3.